The number of carboxylic acid groups (broad SMARTS) is 1. The summed E-state index contributed by atoms with van der Waals surface area (Å²) < 4.78 is 0. The van der Waals surface area contributed by atoms with E-state index in [2.05, 4.69) is 10.6 Å². The lowest BCUT2D eigenvalue weighted by Gasteiger charge is -2.19. The van der Waals surface area contributed by atoms with Crippen molar-refractivity contribution in [3.63, 3.8) is 0 Å². The third-order valence-corrected chi connectivity index (χ3v) is 4.33. The molecule has 0 fully saturated rings. The molecule has 27 heavy (non-hydrogen) atoms. The molecule has 0 radical (unpaired) electrons. The number of aryl methyl sites for hydroxylation is 2. The van der Waals surface area contributed by atoms with E-state index in [-0.39, 0.29) is 24.7 Å². The largest absolute Gasteiger partial charge is 0.481 e. The second kappa shape index (κ2) is 9.52. The summed E-state index contributed by atoms with van der Waals surface area (Å²) in [4.78, 5) is 35.3. The van der Waals surface area contributed by atoms with Crippen LogP contribution in [0.5, 0.6) is 0 Å². The van der Waals surface area contributed by atoms with Crippen molar-refractivity contribution in [2.45, 2.75) is 32.2 Å². The Hall–Kier alpha value is -3.15. The van der Waals surface area contributed by atoms with Gasteiger partial charge < -0.3 is 15.7 Å². The molecule has 2 rings (SSSR count). The lowest BCUT2D eigenvalue weighted by Crippen LogP contribution is -2.30. The average molecular weight is 368 g/mol. The van der Waals surface area contributed by atoms with E-state index in [0.717, 1.165) is 16.7 Å². The van der Waals surface area contributed by atoms with Gasteiger partial charge >= 0.3 is 5.97 Å². The van der Waals surface area contributed by atoms with E-state index in [4.69, 9.17) is 0 Å². The molecule has 0 aromatic heterocycles. The van der Waals surface area contributed by atoms with Crippen molar-refractivity contribution in [2.24, 2.45) is 0 Å². The minimum absolute atomic E-state index is 0.178. The van der Waals surface area contributed by atoms with Crippen LogP contribution in [0.25, 0.3) is 0 Å². The third kappa shape index (κ3) is 5.95. The maximum Gasteiger partial charge on any atom is 0.305 e. The molecule has 0 heterocycles. The summed E-state index contributed by atoms with van der Waals surface area (Å²) in [6, 6.07) is 13.9. The summed E-state index contributed by atoms with van der Waals surface area (Å²) in [6.07, 6.45) is 0.492. The van der Waals surface area contributed by atoms with Crippen molar-refractivity contribution in [1.29, 1.82) is 0 Å². The van der Waals surface area contributed by atoms with Gasteiger partial charge in [-0.2, -0.15) is 0 Å². The summed E-state index contributed by atoms with van der Waals surface area (Å²) >= 11 is 0. The zero-order valence-corrected chi connectivity index (χ0v) is 15.5. The minimum atomic E-state index is -0.971. The molecule has 0 saturated carbocycles. The predicted octanol–water partition coefficient (Wildman–Crippen LogP) is 2.62. The topological polar surface area (TPSA) is 95.5 Å². The quantitative estimate of drug-likeness (QED) is 0.667. The van der Waals surface area contributed by atoms with Crippen molar-refractivity contribution >= 4 is 17.8 Å². The fourth-order valence-corrected chi connectivity index (χ4v) is 2.93. The highest BCUT2D eigenvalue weighted by Crippen LogP contribution is 2.21. The molecule has 2 amide bonds. The lowest BCUT2D eigenvalue weighted by atomic mass is 9.98. The molecule has 1 atom stereocenters. The molecule has 2 aromatic carbocycles. The van der Waals surface area contributed by atoms with Gasteiger partial charge in [0.1, 0.15) is 0 Å². The first kappa shape index (κ1) is 20.2. The van der Waals surface area contributed by atoms with Crippen LogP contribution in [0.15, 0.2) is 48.5 Å². The van der Waals surface area contributed by atoms with Crippen LogP contribution in [0.1, 0.15) is 45.9 Å². The van der Waals surface area contributed by atoms with Gasteiger partial charge in [-0.25, -0.2) is 0 Å². The van der Waals surface area contributed by atoms with Crippen molar-refractivity contribution in [3.05, 3.63) is 70.8 Å². The second-order valence-electron chi connectivity index (χ2n) is 6.35. The monoisotopic (exact) mass is 368 g/mol. The Balaban J connectivity index is 2.03. The van der Waals surface area contributed by atoms with E-state index < -0.39 is 12.0 Å². The van der Waals surface area contributed by atoms with Crippen molar-refractivity contribution in [3.8, 4) is 0 Å². The molecule has 6 nitrogen and oxygen atoms in total. The number of carbonyl (C=O) groups excluding carboxylic acids is 2. The van der Waals surface area contributed by atoms with Crippen molar-refractivity contribution < 1.29 is 19.5 Å². The number of hydrogen-bond donors (Lipinski definition) is 3. The van der Waals surface area contributed by atoms with E-state index in [0.29, 0.717) is 12.0 Å². The normalized spacial score (nSPS) is 11.5. The number of rotatable bonds is 8. The molecule has 142 valence electrons. The minimum Gasteiger partial charge on any atom is -0.481 e. The highest BCUT2D eigenvalue weighted by Gasteiger charge is 2.19. The van der Waals surface area contributed by atoms with Gasteiger partial charge in [-0.05, 0) is 42.2 Å². The van der Waals surface area contributed by atoms with Crippen molar-refractivity contribution in [1.82, 2.24) is 10.6 Å². The maximum absolute atomic E-state index is 12.4. The number of aliphatic carboxylic acids is 1. The summed E-state index contributed by atoms with van der Waals surface area (Å²) in [5.41, 5.74) is 3.15. The van der Waals surface area contributed by atoms with E-state index in [1.807, 2.05) is 37.3 Å². The van der Waals surface area contributed by atoms with E-state index in [9.17, 15) is 19.5 Å². The number of benzene rings is 2. The SMILES string of the molecule is CNC(=O)c1cccc(CCC(=O)NC(CC(=O)O)c2ccccc2C)c1. The molecule has 6 heteroatoms. The van der Waals surface area contributed by atoms with Crippen LogP contribution in [0.4, 0.5) is 0 Å². The Labute approximate surface area is 158 Å². The molecule has 2 aromatic rings. The van der Waals surface area contributed by atoms with Gasteiger partial charge in [-0.15, -0.1) is 0 Å². The van der Waals surface area contributed by atoms with Gasteiger partial charge in [-0.1, -0.05) is 36.4 Å². The van der Waals surface area contributed by atoms with Crippen LogP contribution in [0.3, 0.4) is 0 Å². The molecular weight excluding hydrogens is 344 g/mol. The standard InChI is InChI=1S/C21H24N2O4/c1-14-6-3-4-9-17(14)18(13-20(25)26)23-19(24)11-10-15-7-5-8-16(12-15)21(27)22-2/h3-9,12,18H,10-11,13H2,1-2H3,(H,22,27)(H,23,24)(H,25,26). The highest BCUT2D eigenvalue weighted by atomic mass is 16.4. The number of carbonyl (C=O) groups is 3. The number of nitrogens with one attached hydrogen (secondary N) is 2. The second-order valence-corrected chi connectivity index (χ2v) is 6.35. The number of carboxylic acids is 1. The predicted molar refractivity (Wildman–Crippen MR) is 102 cm³/mol. The fourth-order valence-electron chi connectivity index (χ4n) is 2.93. The Bertz CT molecular complexity index is 832. The Morgan fingerprint density at radius 1 is 1.07 bits per heavy atom. The zero-order chi connectivity index (χ0) is 19.8. The zero-order valence-electron chi connectivity index (χ0n) is 15.5. The van der Waals surface area contributed by atoms with Crippen LogP contribution in [0, 0.1) is 6.92 Å². The van der Waals surface area contributed by atoms with Gasteiger partial charge in [0.25, 0.3) is 5.91 Å². The van der Waals surface area contributed by atoms with Crippen LogP contribution in [-0.2, 0) is 16.0 Å². The first-order valence-corrected chi connectivity index (χ1v) is 8.78. The summed E-state index contributed by atoms with van der Waals surface area (Å²) in [5, 5.41) is 14.6. The molecule has 1 unspecified atom stereocenters. The fraction of sp³-hybridized carbons (Fsp3) is 0.286. The average Bonchev–Trinajstić information content (AvgIpc) is 2.65. The lowest BCUT2D eigenvalue weighted by molar-refractivity contribution is -0.137. The smallest absolute Gasteiger partial charge is 0.305 e. The van der Waals surface area contributed by atoms with Crippen LogP contribution in [0.2, 0.25) is 0 Å². The molecule has 3 N–H and O–H groups in total. The first-order chi connectivity index (χ1) is 12.9. The highest BCUT2D eigenvalue weighted by molar-refractivity contribution is 5.94. The van der Waals surface area contributed by atoms with Gasteiger partial charge in [0.2, 0.25) is 5.91 Å². The molecule has 0 aliphatic heterocycles. The van der Waals surface area contributed by atoms with E-state index in [1.165, 1.54) is 0 Å². The number of amides is 2. The maximum atomic E-state index is 12.4. The Kier molecular flexibility index (Phi) is 7.11. The molecular formula is C21H24N2O4. The molecule has 0 aliphatic rings. The van der Waals surface area contributed by atoms with E-state index >= 15 is 0 Å². The van der Waals surface area contributed by atoms with Gasteiger partial charge in [0.15, 0.2) is 0 Å². The van der Waals surface area contributed by atoms with Crippen LogP contribution < -0.4 is 10.6 Å². The summed E-state index contributed by atoms with van der Waals surface area (Å²) in [5.74, 6) is -1.38. The first-order valence-electron chi connectivity index (χ1n) is 8.78. The number of hydrogen-bond acceptors (Lipinski definition) is 3. The van der Waals surface area contributed by atoms with Crippen LogP contribution in [-0.4, -0.2) is 29.9 Å². The van der Waals surface area contributed by atoms with Gasteiger partial charge in [-0.3, -0.25) is 14.4 Å². The Morgan fingerprint density at radius 2 is 1.81 bits per heavy atom. The van der Waals surface area contributed by atoms with Crippen LogP contribution >= 0.6 is 0 Å². The Morgan fingerprint density at radius 3 is 2.48 bits per heavy atom. The molecule has 0 aliphatic carbocycles. The van der Waals surface area contributed by atoms with Gasteiger partial charge in [0.05, 0.1) is 12.5 Å². The van der Waals surface area contributed by atoms with Gasteiger partial charge in [0, 0.05) is 19.0 Å². The van der Waals surface area contributed by atoms with E-state index in [1.54, 1.807) is 25.2 Å². The third-order valence-electron chi connectivity index (χ3n) is 4.33. The van der Waals surface area contributed by atoms with Crippen molar-refractivity contribution in [2.75, 3.05) is 7.05 Å². The molecule has 0 saturated heterocycles. The summed E-state index contributed by atoms with van der Waals surface area (Å²) in [7, 11) is 1.57. The summed E-state index contributed by atoms with van der Waals surface area (Å²) in [6.45, 7) is 1.89. The molecule has 0 bridgehead atoms. The molecule has 0 spiro atoms.